The number of nitrogens with two attached hydrogens (primary N) is 1. The predicted octanol–water partition coefficient (Wildman–Crippen LogP) is 1.62. The molecule has 6 nitrogen and oxygen atoms in total. The first kappa shape index (κ1) is 17.6. The number of carbonyl (C=O) groups is 1. The van der Waals surface area contributed by atoms with E-state index in [2.05, 4.69) is 0 Å². The van der Waals surface area contributed by atoms with Crippen LogP contribution < -0.4 is 15.6 Å². The molecule has 0 aliphatic carbocycles. The van der Waals surface area contributed by atoms with Crippen molar-refractivity contribution in [1.82, 2.24) is 5.43 Å². The number of sulfonamides is 1. The minimum Gasteiger partial charge on any atom is -0.293 e. The van der Waals surface area contributed by atoms with E-state index < -0.39 is 28.3 Å². The second kappa shape index (κ2) is 7.23. The number of nitrogens with zero attached hydrogens (tertiary/aromatic N) is 1. The lowest BCUT2D eigenvalue weighted by Crippen LogP contribution is -2.43. The van der Waals surface area contributed by atoms with Crippen LogP contribution in [-0.4, -0.2) is 20.9 Å². The number of rotatable bonds is 5. The lowest BCUT2D eigenvalue weighted by Gasteiger charge is -2.23. The van der Waals surface area contributed by atoms with Crippen molar-refractivity contribution in [2.45, 2.75) is 4.90 Å². The van der Waals surface area contributed by atoms with Crippen molar-refractivity contribution in [3.63, 3.8) is 0 Å². The van der Waals surface area contributed by atoms with Crippen LogP contribution in [0.25, 0.3) is 0 Å². The molecule has 0 aliphatic rings. The summed E-state index contributed by atoms with van der Waals surface area (Å²) in [5.74, 6) is 3.83. The second-order valence-corrected chi connectivity index (χ2v) is 7.62. The maximum atomic E-state index is 13.0. The molecule has 0 fully saturated rings. The number of nitrogens with one attached hydrogen (secondary N) is 1. The summed E-state index contributed by atoms with van der Waals surface area (Å²) in [5, 5.41) is 0. The smallest absolute Gasteiger partial charge is 0.264 e. The number of hydrazine groups is 1. The number of amides is 1. The number of hydrogen-bond donors (Lipinski definition) is 2. The van der Waals surface area contributed by atoms with Gasteiger partial charge in [0.05, 0.1) is 10.6 Å². The number of hydrogen-bond acceptors (Lipinski definition) is 4. The second-order valence-electron chi connectivity index (χ2n) is 4.51. The maximum Gasteiger partial charge on any atom is 0.264 e. The van der Waals surface area contributed by atoms with Crippen LogP contribution in [0.1, 0.15) is 0 Å². The molecule has 2 aromatic carbocycles. The normalized spacial score (nSPS) is 11.1. The monoisotopic (exact) mass is 449 g/mol. The number of carbonyl (C=O) groups excluding carboxylic acids is 1. The fraction of sp³-hybridized carbons (Fsp3) is 0.0714. The number of anilines is 1. The highest BCUT2D eigenvalue weighted by molar-refractivity contribution is 14.1. The highest BCUT2D eigenvalue weighted by Crippen LogP contribution is 2.25. The summed E-state index contributed by atoms with van der Waals surface area (Å²) in [6.07, 6.45) is 0. The van der Waals surface area contributed by atoms with Gasteiger partial charge >= 0.3 is 0 Å². The van der Waals surface area contributed by atoms with Gasteiger partial charge in [0.1, 0.15) is 12.4 Å². The Kier molecular flexibility index (Phi) is 5.55. The summed E-state index contributed by atoms with van der Waals surface area (Å²) in [4.78, 5) is 11.5. The van der Waals surface area contributed by atoms with E-state index in [0.717, 1.165) is 32.1 Å². The molecule has 0 aromatic heterocycles. The summed E-state index contributed by atoms with van der Waals surface area (Å²) in [6.45, 7) is -0.490. The van der Waals surface area contributed by atoms with Crippen LogP contribution in [0.2, 0.25) is 0 Å². The van der Waals surface area contributed by atoms with Gasteiger partial charge in [-0.15, -0.1) is 0 Å². The Labute approximate surface area is 146 Å². The fourth-order valence-electron chi connectivity index (χ4n) is 1.86. The summed E-state index contributed by atoms with van der Waals surface area (Å²) in [6, 6.07) is 11.0. The summed E-state index contributed by atoms with van der Waals surface area (Å²) >= 11 is 2.03. The lowest BCUT2D eigenvalue weighted by atomic mass is 10.3. The zero-order chi connectivity index (χ0) is 17.0. The van der Waals surface area contributed by atoms with E-state index in [-0.39, 0.29) is 4.90 Å². The lowest BCUT2D eigenvalue weighted by molar-refractivity contribution is -0.119. The predicted molar refractivity (Wildman–Crippen MR) is 92.4 cm³/mol. The molecule has 0 heterocycles. The number of benzene rings is 2. The van der Waals surface area contributed by atoms with E-state index >= 15 is 0 Å². The molecule has 1 amide bonds. The molecule has 2 aromatic rings. The van der Waals surface area contributed by atoms with E-state index in [4.69, 9.17) is 5.84 Å². The van der Waals surface area contributed by atoms with Gasteiger partial charge in [0.15, 0.2) is 0 Å². The van der Waals surface area contributed by atoms with Crippen LogP contribution in [-0.2, 0) is 14.8 Å². The first-order chi connectivity index (χ1) is 10.8. The van der Waals surface area contributed by atoms with Gasteiger partial charge in [-0.2, -0.15) is 0 Å². The van der Waals surface area contributed by atoms with Crippen LogP contribution in [0.4, 0.5) is 10.1 Å². The zero-order valence-corrected chi connectivity index (χ0v) is 14.7. The third-order valence-corrected chi connectivity index (χ3v) is 5.41. The molecule has 122 valence electrons. The highest BCUT2D eigenvalue weighted by Gasteiger charge is 2.27. The fourth-order valence-corrected chi connectivity index (χ4v) is 3.80. The Morgan fingerprint density at radius 3 is 2.43 bits per heavy atom. The molecule has 0 atom stereocenters. The van der Waals surface area contributed by atoms with Crippen LogP contribution >= 0.6 is 22.6 Å². The first-order valence-corrected chi connectivity index (χ1v) is 8.90. The van der Waals surface area contributed by atoms with Gasteiger partial charge < -0.3 is 0 Å². The van der Waals surface area contributed by atoms with Crippen molar-refractivity contribution in [3.8, 4) is 0 Å². The van der Waals surface area contributed by atoms with Gasteiger partial charge in [0.25, 0.3) is 15.9 Å². The zero-order valence-electron chi connectivity index (χ0n) is 11.7. The minimum atomic E-state index is -4.05. The standard InChI is InChI=1S/C14H13FIN3O3S/c15-10-4-6-13(7-5-10)23(21,22)19(9-14(20)18-17)12-3-1-2-11(16)8-12/h1-8H,9,17H2,(H,18,20). The Morgan fingerprint density at radius 2 is 1.87 bits per heavy atom. The first-order valence-electron chi connectivity index (χ1n) is 6.38. The maximum absolute atomic E-state index is 13.0. The molecule has 0 saturated heterocycles. The van der Waals surface area contributed by atoms with Gasteiger partial charge in [0, 0.05) is 3.57 Å². The van der Waals surface area contributed by atoms with Crippen LogP contribution in [0.3, 0.4) is 0 Å². The Balaban J connectivity index is 2.51. The quantitative estimate of drug-likeness (QED) is 0.314. The molecule has 9 heteroatoms. The molecule has 0 saturated carbocycles. The van der Waals surface area contributed by atoms with Crippen LogP contribution in [0.5, 0.6) is 0 Å². The van der Waals surface area contributed by atoms with Crippen molar-refractivity contribution in [1.29, 1.82) is 0 Å². The van der Waals surface area contributed by atoms with E-state index in [1.54, 1.807) is 24.3 Å². The van der Waals surface area contributed by atoms with E-state index in [9.17, 15) is 17.6 Å². The summed E-state index contributed by atoms with van der Waals surface area (Å²) < 4.78 is 40.3. The van der Waals surface area contributed by atoms with Crippen molar-refractivity contribution in [3.05, 3.63) is 57.9 Å². The van der Waals surface area contributed by atoms with E-state index in [1.807, 2.05) is 28.0 Å². The third-order valence-electron chi connectivity index (χ3n) is 2.95. The molecule has 3 N–H and O–H groups in total. The Morgan fingerprint density at radius 1 is 1.22 bits per heavy atom. The van der Waals surface area contributed by atoms with Gasteiger partial charge in [-0.25, -0.2) is 18.7 Å². The molecular weight excluding hydrogens is 436 g/mol. The molecule has 0 aliphatic heterocycles. The minimum absolute atomic E-state index is 0.123. The highest BCUT2D eigenvalue weighted by atomic mass is 127. The van der Waals surface area contributed by atoms with Gasteiger partial charge in [-0.1, -0.05) is 6.07 Å². The van der Waals surface area contributed by atoms with Crippen LogP contribution in [0, 0.1) is 9.39 Å². The van der Waals surface area contributed by atoms with Gasteiger partial charge in [-0.05, 0) is 65.1 Å². The molecule has 0 unspecified atom stereocenters. The Bertz CT molecular complexity index is 812. The van der Waals surface area contributed by atoms with Gasteiger partial charge in [-0.3, -0.25) is 14.5 Å². The number of halogens is 2. The molecule has 0 bridgehead atoms. The van der Waals surface area contributed by atoms with E-state index in [0.29, 0.717) is 5.69 Å². The molecule has 23 heavy (non-hydrogen) atoms. The molecule has 0 spiro atoms. The summed E-state index contributed by atoms with van der Waals surface area (Å²) in [5.41, 5.74) is 2.22. The third kappa shape index (κ3) is 4.18. The van der Waals surface area contributed by atoms with E-state index in [1.165, 1.54) is 0 Å². The average molecular weight is 449 g/mol. The van der Waals surface area contributed by atoms with Crippen molar-refractivity contribution in [2.75, 3.05) is 10.8 Å². The summed E-state index contributed by atoms with van der Waals surface area (Å²) in [7, 11) is -4.05. The average Bonchev–Trinajstić information content (AvgIpc) is 2.52. The molecule has 2 rings (SSSR count). The van der Waals surface area contributed by atoms with Crippen molar-refractivity contribution < 1.29 is 17.6 Å². The van der Waals surface area contributed by atoms with Crippen LogP contribution in [0.15, 0.2) is 53.4 Å². The van der Waals surface area contributed by atoms with Crippen molar-refractivity contribution >= 4 is 44.2 Å². The molecular formula is C14H13FIN3O3S. The SMILES string of the molecule is NNC(=O)CN(c1cccc(I)c1)S(=O)(=O)c1ccc(F)cc1. The largest absolute Gasteiger partial charge is 0.293 e. The van der Waals surface area contributed by atoms with Crippen molar-refractivity contribution in [2.24, 2.45) is 5.84 Å². The van der Waals surface area contributed by atoms with Gasteiger partial charge in [0.2, 0.25) is 0 Å². The topological polar surface area (TPSA) is 92.5 Å². The Hall–Kier alpha value is -1.72. The molecule has 0 radical (unpaired) electrons.